The minimum atomic E-state index is -0.428. The number of ether oxygens (including phenoxy) is 2. The second-order valence-electron chi connectivity index (χ2n) is 6.46. The number of hydrazone groups is 1. The van der Waals surface area contributed by atoms with Crippen LogP contribution < -0.4 is 19.8 Å². The van der Waals surface area contributed by atoms with Crippen molar-refractivity contribution in [2.24, 2.45) is 5.10 Å². The Morgan fingerprint density at radius 1 is 1.24 bits per heavy atom. The number of carbonyl (C=O) groups is 2. The van der Waals surface area contributed by atoms with Crippen LogP contribution in [0, 0.1) is 0 Å². The van der Waals surface area contributed by atoms with Crippen LogP contribution in [0.4, 0.5) is 5.69 Å². The van der Waals surface area contributed by atoms with E-state index in [1.807, 2.05) is 24.3 Å². The summed E-state index contributed by atoms with van der Waals surface area (Å²) in [6.45, 7) is 1.46. The van der Waals surface area contributed by atoms with E-state index in [2.05, 4.69) is 10.5 Å². The second kappa shape index (κ2) is 7.67. The molecule has 29 heavy (non-hydrogen) atoms. The third-order valence-corrected chi connectivity index (χ3v) is 4.54. The Hall–Kier alpha value is -3.81. The summed E-state index contributed by atoms with van der Waals surface area (Å²) in [6.07, 6.45) is 0. The zero-order chi connectivity index (χ0) is 20.4. The van der Waals surface area contributed by atoms with Gasteiger partial charge in [-0.3, -0.25) is 14.5 Å². The van der Waals surface area contributed by atoms with Gasteiger partial charge in [-0.25, -0.2) is 5.43 Å². The van der Waals surface area contributed by atoms with E-state index in [4.69, 9.17) is 13.9 Å². The summed E-state index contributed by atoms with van der Waals surface area (Å²) in [5.41, 5.74) is 4.14. The van der Waals surface area contributed by atoms with E-state index in [-0.39, 0.29) is 19.1 Å². The van der Waals surface area contributed by atoms with Gasteiger partial charge >= 0.3 is 0 Å². The number of nitrogens with zero attached hydrogens (tertiary/aromatic N) is 2. The van der Waals surface area contributed by atoms with E-state index >= 15 is 0 Å². The minimum Gasteiger partial charge on any atom is -0.493 e. The molecule has 148 valence electrons. The van der Waals surface area contributed by atoms with Crippen LogP contribution in [0.3, 0.4) is 0 Å². The van der Waals surface area contributed by atoms with Crippen molar-refractivity contribution in [3.05, 3.63) is 54.3 Å². The summed E-state index contributed by atoms with van der Waals surface area (Å²) in [5.74, 6) is 0.982. The van der Waals surface area contributed by atoms with Gasteiger partial charge in [0.25, 0.3) is 11.8 Å². The number of carbonyl (C=O) groups excluding carboxylic acids is 2. The van der Waals surface area contributed by atoms with Crippen LogP contribution in [0.2, 0.25) is 0 Å². The van der Waals surface area contributed by atoms with Gasteiger partial charge in [0.15, 0.2) is 23.7 Å². The first-order valence-corrected chi connectivity index (χ1v) is 8.99. The van der Waals surface area contributed by atoms with Crippen molar-refractivity contribution in [3.8, 4) is 11.5 Å². The molecule has 8 heteroatoms. The molecule has 0 saturated heterocycles. The third-order valence-electron chi connectivity index (χ3n) is 4.54. The third kappa shape index (κ3) is 3.64. The molecule has 2 heterocycles. The maximum Gasteiger partial charge on any atom is 0.265 e. The zero-order valence-electron chi connectivity index (χ0n) is 16.0. The summed E-state index contributed by atoms with van der Waals surface area (Å²) >= 11 is 0. The molecule has 0 spiro atoms. The van der Waals surface area contributed by atoms with Gasteiger partial charge in [0.2, 0.25) is 0 Å². The molecule has 1 N–H and O–H groups in total. The number of hydrogen-bond acceptors (Lipinski definition) is 6. The highest BCUT2D eigenvalue weighted by Crippen LogP contribution is 2.31. The van der Waals surface area contributed by atoms with E-state index in [1.165, 1.54) is 4.90 Å². The van der Waals surface area contributed by atoms with Gasteiger partial charge < -0.3 is 13.9 Å². The molecule has 0 aliphatic carbocycles. The number of nitrogens with one attached hydrogen (secondary N) is 1. The summed E-state index contributed by atoms with van der Waals surface area (Å²) < 4.78 is 16.5. The number of benzene rings is 2. The number of para-hydroxylation sites is 3. The lowest BCUT2D eigenvalue weighted by Gasteiger charge is -2.28. The summed E-state index contributed by atoms with van der Waals surface area (Å²) in [5, 5.41) is 4.98. The molecule has 0 bridgehead atoms. The first kappa shape index (κ1) is 18.5. The molecule has 0 unspecified atom stereocenters. The molecule has 2 aromatic carbocycles. The van der Waals surface area contributed by atoms with Crippen LogP contribution in [-0.4, -0.2) is 37.8 Å². The van der Waals surface area contributed by atoms with Gasteiger partial charge in [0, 0.05) is 5.39 Å². The molecular weight excluding hydrogens is 374 g/mol. The quantitative estimate of drug-likeness (QED) is 0.531. The Labute approximate surface area is 166 Å². The predicted octanol–water partition coefficient (Wildman–Crippen LogP) is 2.71. The maximum atomic E-state index is 12.4. The predicted molar refractivity (Wildman–Crippen MR) is 107 cm³/mol. The summed E-state index contributed by atoms with van der Waals surface area (Å²) in [7, 11) is 1.57. The molecule has 8 nitrogen and oxygen atoms in total. The molecule has 1 aromatic heterocycles. The number of rotatable bonds is 5. The molecule has 0 saturated carbocycles. The highest BCUT2D eigenvalue weighted by Gasteiger charge is 2.26. The van der Waals surface area contributed by atoms with E-state index in [9.17, 15) is 9.59 Å². The van der Waals surface area contributed by atoms with Gasteiger partial charge in [-0.05, 0) is 31.2 Å². The molecule has 0 atom stereocenters. The Morgan fingerprint density at radius 3 is 2.90 bits per heavy atom. The lowest BCUT2D eigenvalue weighted by Crippen LogP contribution is -2.44. The fraction of sp³-hybridized carbons (Fsp3) is 0.190. The zero-order valence-corrected chi connectivity index (χ0v) is 16.0. The molecule has 1 aliphatic rings. The maximum absolute atomic E-state index is 12.4. The highest BCUT2D eigenvalue weighted by molar-refractivity contribution is 6.03. The smallest absolute Gasteiger partial charge is 0.265 e. The van der Waals surface area contributed by atoms with Gasteiger partial charge in [0.1, 0.15) is 18.0 Å². The van der Waals surface area contributed by atoms with Crippen molar-refractivity contribution in [3.63, 3.8) is 0 Å². The first-order valence-electron chi connectivity index (χ1n) is 8.99. The number of hydrogen-bond donors (Lipinski definition) is 1. The fourth-order valence-electron chi connectivity index (χ4n) is 3.08. The van der Waals surface area contributed by atoms with Gasteiger partial charge in [-0.15, -0.1) is 0 Å². The second-order valence-corrected chi connectivity index (χ2v) is 6.46. The Morgan fingerprint density at radius 2 is 2.07 bits per heavy atom. The number of anilines is 1. The highest BCUT2D eigenvalue weighted by atomic mass is 16.5. The van der Waals surface area contributed by atoms with Crippen molar-refractivity contribution < 1.29 is 23.5 Å². The largest absolute Gasteiger partial charge is 0.493 e. The van der Waals surface area contributed by atoms with Crippen molar-refractivity contribution >= 4 is 34.2 Å². The topological polar surface area (TPSA) is 93.4 Å². The van der Waals surface area contributed by atoms with Gasteiger partial charge in [0.05, 0.1) is 12.8 Å². The number of methoxy groups -OCH3 is 1. The number of amides is 2. The lowest BCUT2D eigenvalue weighted by molar-refractivity contribution is -0.125. The van der Waals surface area contributed by atoms with Crippen molar-refractivity contribution in [2.45, 2.75) is 6.92 Å². The molecule has 0 radical (unpaired) electrons. The van der Waals surface area contributed by atoms with Gasteiger partial charge in [-0.1, -0.05) is 24.3 Å². The van der Waals surface area contributed by atoms with Crippen LogP contribution in [0.1, 0.15) is 12.7 Å². The standard InChI is InChI=1S/C21H19N3O5/c1-13(18-10-14-6-5-9-17(27-2)21(14)29-18)22-23-19(25)11-24-15-7-3-4-8-16(15)28-12-20(24)26/h3-10H,11-12H2,1-2H3,(H,23,25)/b22-13-. The first-order chi connectivity index (χ1) is 14.1. The van der Waals surface area contributed by atoms with Crippen LogP contribution in [0.5, 0.6) is 11.5 Å². The molecule has 3 aromatic rings. The van der Waals surface area contributed by atoms with E-state index in [1.54, 1.807) is 38.3 Å². The molecular formula is C21H19N3O5. The normalized spacial score (nSPS) is 13.8. The fourth-order valence-corrected chi connectivity index (χ4v) is 3.08. The summed E-state index contributed by atoms with van der Waals surface area (Å²) in [4.78, 5) is 25.9. The lowest BCUT2D eigenvalue weighted by atomic mass is 10.2. The minimum absolute atomic E-state index is 0.104. The van der Waals surface area contributed by atoms with Crippen LogP contribution in [-0.2, 0) is 9.59 Å². The van der Waals surface area contributed by atoms with Crippen LogP contribution in [0.25, 0.3) is 11.0 Å². The van der Waals surface area contributed by atoms with Crippen LogP contribution >= 0.6 is 0 Å². The van der Waals surface area contributed by atoms with E-state index < -0.39 is 5.91 Å². The van der Waals surface area contributed by atoms with Gasteiger partial charge in [-0.2, -0.15) is 5.10 Å². The van der Waals surface area contributed by atoms with Crippen molar-refractivity contribution in [1.29, 1.82) is 0 Å². The summed E-state index contributed by atoms with van der Waals surface area (Å²) in [6, 6.07) is 14.5. The van der Waals surface area contributed by atoms with Crippen molar-refractivity contribution in [1.82, 2.24) is 5.43 Å². The van der Waals surface area contributed by atoms with E-state index in [0.29, 0.717) is 34.2 Å². The molecule has 4 rings (SSSR count). The Bertz CT molecular complexity index is 1120. The number of furan rings is 1. The molecule has 0 fully saturated rings. The molecule has 2 amide bonds. The van der Waals surface area contributed by atoms with Crippen LogP contribution in [0.15, 0.2) is 58.0 Å². The Balaban J connectivity index is 1.48. The average molecular weight is 393 g/mol. The van der Waals surface area contributed by atoms with Crippen molar-refractivity contribution in [2.75, 3.05) is 25.2 Å². The Kier molecular flexibility index (Phi) is 4.90. The SMILES string of the molecule is COc1cccc2cc(/C(C)=N\NC(=O)CN3C(=O)COc4ccccc43)oc12. The molecule has 1 aliphatic heterocycles. The van der Waals surface area contributed by atoms with E-state index in [0.717, 1.165) is 5.39 Å². The number of fused-ring (bicyclic) bond motifs is 2. The monoisotopic (exact) mass is 393 g/mol. The average Bonchev–Trinajstić information content (AvgIpc) is 3.18.